The van der Waals surface area contributed by atoms with Gasteiger partial charge in [0.25, 0.3) is 0 Å². The number of carbonyl (C=O) groups is 1. The quantitative estimate of drug-likeness (QED) is 0.446. The van der Waals surface area contributed by atoms with E-state index in [4.69, 9.17) is 0 Å². The summed E-state index contributed by atoms with van der Waals surface area (Å²) in [7, 11) is 3.85. The van der Waals surface area contributed by atoms with Gasteiger partial charge in [0.2, 0.25) is 0 Å². The molecule has 0 aliphatic carbocycles. The minimum absolute atomic E-state index is 0.886. The van der Waals surface area contributed by atoms with E-state index in [1.165, 1.54) is 0 Å². The monoisotopic (exact) mass is 155 g/mol. The average molecular weight is 155 g/mol. The first-order valence-electron chi connectivity index (χ1n) is 4.03. The number of unbranched alkanes of at least 4 members (excludes halogenated alkanes) is 1. The minimum atomic E-state index is 0.886. The molecule has 0 aromatic heterocycles. The lowest BCUT2D eigenvalue weighted by molar-refractivity contribution is -0.105. The summed E-state index contributed by atoms with van der Waals surface area (Å²) in [4.78, 5) is 12.4. The highest BCUT2D eigenvalue weighted by Gasteiger charge is 1.94. The predicted molar refractivity (Wildman–Crippen MR) is 47.4 cm³/mol. The molecule has 0 bridgehead atoms. The SMILES string of the molecule is CCCCC(C=O)=CN(C)C. The third-order valence-electron chi connectivity index (χ3n) is 1.39. The number of nitrogens with zero attached hydrogens (tertiary/aromatic N) is 1. The molecule has 0 aromatic rings. The Balaban J connectivity index is 3.84. The molecule has 0 heterocycles. The molecule has 0 amide bonds. The molecule has 11 heavy (non-hydrogen) atoms. The number of allylic oxidation sites excluding steroid dienone is 1. The molecule has 64 valence electrons. The second-order valence-corrected chi connectivity index (χ2v) is 2.89. The largest absolute Gasteiger partial charge is 0.383 e. The Hall–Kier alpha value is -0.790. The van der Waals surface area contributed by atoms with Crippen LogP contribution in [0.4, 0.5) is 0 Å². The van der Waals surface area contributed by atoms with E-state index in [9.17, 15) is 4.79 Å². The second kappa shape index (κ2) is 5.96. The van der Waals surface area contributed by atoms with E-state index in [1.807, 2.05) is 25.2 Å². The Bertz CT molecular complexity index is 138. The first-order valence-corrected chi connectivity index (χ1v) is 4.03. The lowest BCUT2D eigenvalue weighted by Gasteiger charge is -2.06. The molecular weight excluding hydrogens is 138 g/mol. The van der Waals surface area contributed by atoms with Crippen molar-refractivity contribution in [3.05, 3.63) is 11.8 Å². The van der Waals surface area contributed by atoms with Gasteiger partial charge in [-0.2, -0.15) is 0 Å². The van der Waals surface area contributed by atoms with E-state index in [0.717, 1.165) is 31.1 Å². The highest BCUT2D eigenvalue weighted by molar-refractivity contribution is 5.72. The van der Waals surface area contributed by atoms with E-state index in [-0.39, 0.29) is 0 Å². The van der Waals surface area contributed by atoms with Crippen LogP contribution in [0.1, 0.15) is 26.2 Å². The van der Waals surface area contributed by atoms with Crippen molar-refractivity contribution in [3.63, 3.8) is 0 Å². The zero-order chi connectivity index (χ0) is 8.69. The number of rotatable bonds is 5. The van der Waals surface area contributed by atoms with Gasteiger partial charge in [0.1, 0.15) is 6.29 Å². The van der Waals surface area contributed by atoms with Crippen LogP contribution in [-0.2, 0) is 4.79 Å². The standard InChI is InChI=1S/C9H17NO/c1-4-5-6-9(8-11)7-10(2)3/h7-8H,4-6H2,1-3H3. The van der Waals surface area contributed by atoms with Gasteiger partial charge in [-0.1, -0.05) is 13.3 Å². The van der Waals surface area contributed by atoms with Crippen LogP contribution in [0.25, 0.3) is 0 Å². The molecule has 0 saturated carbocycles. The zero-order valence-electron chi connectivity index (χ0n) is 7.63. The molecule has 0 fully saturated rings. The Labute approximate surface area is 68.9 Å². The maximum Gasteiger partial charge on any atom is 0.147 e. The van der Waals surface area contributed by atoms with Gasteiger partial charge in [0.15, 0.2) is 0 Å². The summed E-state index contributed by atoms with van der Waals surface area (Å²) in [5.41, 5.74) is 0.886. The van der Waals surface area contributed by atoms with Crippen molar-refractivity contribution in [2.45, 2.75) is 26.2 Å². The lowest BCUT2D eigenvalue weighted by Crippen LogP contribution is -2.03. The van der Waals surface area contributed by atoms with E-state index in [0.29, 0.717) is 0 Å². The van der Waals surface area contributed by atoms with Crippen molar-refractivity contribution in [2.75, 3.05) is 14.1 Å². The Morgan fingerprint density at radius 2 is 2.09 bits per heavy atom. The molecular formula is C9H17NO. The van der Waals surface area contributed by atoms with Crippen LogP contribution in [0.5, 0.6) is 0 Å². The minimum Gasteiger partial charge on any atom is -0.383 e. The molecule has 2 nitrogen and oxygen atoms in total. The van der Waals surface area contributed by atoms with Crippen LogP contribution in [0.3, 0.4) is 0 Å². The van der Waals surface area contributed by atoms with Gasteiger partial charge in [-0.3, -0.25) is 4.79 Å². The summed E-state index contributed by atoms with van der Waals surface area (Å²) in [5.74, 6) is 0. The summed E-state index contributed by atoms with van der Waals surface area (Å²) >= 11 is 0. The van der Waals surface area contributed by atoms with Crippen molar-refractivity contribution in [2.24, 2.45) is 0 Å². The fraction of sp³-hybridized carbons (Fsp3) is 0.667. The van der Waals surface area contributed by atoms with E-state index < -0.39 is 0 Å². The van der Waals surface area contributed by atoms with Crippen LogP contribution < -0.4 is 0 Å². The topological polar surface area (TPSA) is 20.3 Å². The molecule has 0 aliphatic heterocycles. The van der Waals surface area contributed by atoms with Crippen molar-refractivity contribution in [1.82, 2.24) is 4.90 Å². The van der Waals surface area contributed by atoms with Crippen molar-refractivity contribution < 1.29 is 4.79 Å². The molecule has 2 heteroatoms. The molecule has 0 unspecified atom stereocenters. The fourth-order valence-electron chi connectivity index (χ4n) is 0.866. The number of hydrogen-bond acceptors (Lipinski definition) is 2. The predicted octanol–water partition coefficient (Wildman–Crippen LogP) is 1.82. The second-order valence-electron chi connectivity index (χ2n) is 2.89. The van der Waals surface area contributed by atoms with Gasteiger partial charge < -0.3 is 4.90 Å². The maximum absolute atomic E-state index is 10.5. The maximum atomic E-state index is 10.5. The van der Waals surface area contributed by atoms with Gasteiger partial charge >= 0.3 is 0 Å². The number of aldehydes is 1. The molecule has 0 N–H and O–H groups in total. The van der Waals surface area contributed by atoms with Crippen molar-refractivity contribution in [1.29, 1.82) is 0 Å². The first-order chi connectivity index (χ1) is 5.20. The van der Waals surface area contributed by atoms with E-state index in [2.05, 4.69) is 6.92 Å². The van der Waals surface area contributed by atoms with E-state index >= 15 is 0 Å². The molecule has 0 rings (SSSR count). The summed E-state index contributed by atoms with van der Waals surface area (Å²) in [6, 6.07) is 0. The fourth-order valence-corrected chi connectivity index (χ4v) is 0.866. The van der Waals surface area contributed by atoms with Gasteiger partial charge in [-0.15, -0.1) is 0 Å². The van der Waals surface area contributed by atoms with Crippen LogP contribution in [0.2, 0.25) is 0 Å². The van der Waals surface area contributed by atoms with Gasteiger partial charge in [-0.05, 0) is 12.8 Å². The third kappa shape index (κ3) is 5.64. The van der Waals surface area contributed by atoms with Gasteiger partial charge in [0, 0.05) is 25.9 Å². The summed E-state index contributed by atoms with van der Waals surface area (Å²) in [6.07, 6.45) is 5.95. The Kier molecular flexibility index (Phi) is 5.53. The molecule has 0 spiro atoms. The van der Waals surface area contributed by atoms with Crippen LogP contribution in [0.15, 0.2) is 11.8 Å². The molecule has 0 saturated heterocycles. The average Bonchev–Trinajstić information content (AvgIpc) is 1.97. The van der Waals surface area contributed by atoms with Crippen LogP contribution in [0, 0.1) is 0 Å². The highest BCUT2D eigenvalue weighted by Crippen LogP contribution is 2.04. The zero-order valence-corrected chi connectivity index (χ0v) is 7.63. The summed E-state index contributed by atoms with van der Waals surface area (Å²) in [5, 5.41) is 0. The normalized spacial score (nSPS) is 11.4. The van der Waals surface area contributed by atoms with Crippen molar-refractivity contribution in [3.8, 4) is 0 Å². The van der Waals surface area contributed by atoms with Crippen LogP contribution >= 0.6 is 0 Å². The lowest BCUT2D eigenvalue weighted by atomic mass is 10.1. The highest BCUT2D eigenvalue weighted by atomic mass is 16.1. The van der Waals surface area contributed by atoms with E-state index in [1.54, 1.807) is 0 Å². The van der Waals surface area contributed by atoms with Crippen LogP contribution in [-0.4, -0.2) is 25.3 Å². The molecule has 0 aromatic carbocycles. The third-order valence-corrected chi connectivity index (χ3v) is 1.39. The molecule has 0 radical (unpaired) electrons. The number of hydrogen-bond donors (Lipinski definition) is 0. The summed E-state index contributed by atoms with van der Waals surface area (Å²) < 4.78 is 0. The Morgan fingerprint density at radius 1 is 1.45 bits per heavy atom. The molecule has 0 atom stereocenters. The first kappa shape index (κ1) is 10.2. The Morgan fingerprint density at radius 3 is 2.45 bits per heavy atom. The van der Waals surface area contributed by atoms with Gasteiger partial charge in [-0.25, -0.2) is 0 Å². The van der Waals surface area contributed by atoms with Gasteiger partial charge in [0.05, 0.1) is 0 Å². The smallest absolute Gasteiger partial charge is 0.147 e. The molecule has 0 aliphatic rings. The summed E-state index contributed by atoms with van der Waals surface area (Å²) in [6.45, 7) is 2.12. The van der Waals surface area contributed by atoms with Crippen molar-refractivity contribution >= 4 is 6.29 Å². The number of carbonyl (C=O) groups excluding carboxylic acids is 1.